The zero-order valence-corrected chi connectivity index (χ0v) is 16.6. The second kappa shape index (κ2) is 6.33. The molecule has 0 aliphatic carbocycles. The second-order valence-corrected chi connectivity index (χ2v) is 9.55. The summed E-state index contributed by atoms with van der Waals surface area (Å²) in [5.41, 5.74) is 1.87. The summed E-state index contributed by atoms with van der Waals surface area (Å²) in [6, 6.07) is 9.82. The molecule has 1 N–H and O–H groups in total. The smallest absolute Gasteiger partial charge is 0.293 e. The molecule has 0 radical (unpaired) electrons. The number of sulfone groups is 1. The average Bonchev–Trinajstić information content (AvgIpc) is 3.14. The first-order valence-corrected chi connectivity index (χ1v) is 10.9. The van der Waals surface area contributed by atoms with E-state index in [1.807, 2.05) is 0 Å². The van der Waals surface area contributed by atoms with Gasteiger partial charge in [0.1, 0.15) is 5.58 Å². The lowest BCUT2D eigenvalue weighted by Gasteiger charge is -1.98. The fraction of sp³-hybridized carbons (Fsp3) is 0.111. The highest BCUT2D eigenvalue weighted by atomic mass is 35.5. The number of fused-ring (bicyclic) bond motifs is 2. The number of nitrogens with one attached hydrogen (secondary N) is 1. The van der Waals surface area contributed by atoms with Crippen LogP contribution in [-0.4, -0.2) is 25.6 Å². The first kappa shape index (κ1) is 18.0. The number of benzene rings is 2. The third-order valence-electron chi connectivity index (χ3n) is 4.11. The van der Waals surface area contributed by atoms with Gasteiger partial charge in [-0.3, -0.25) is 10.1 Å². The Morgan fingerprint density at radius 1 is 1.22 bits per heavy atom. The highest BCUT2D eigenvalue weighted by molar-refractivity contribution is 7.90. The zero-order chi connectivity index (χ0) is 19.3. The minimum Gasteiger partial charge on any atom is -0.451 e. The van der Waals surface area contributed by atoms with Crippen molar-refractivity contribution in [3.63, 3.8) is 0 Å². The van der Waals surface area contributed by atoms with E-state index < -0.39 is 15.7 Å². The van der Waals surface area contributed by atoms with E-state index in [0.29, 0.717) is 31.5 Å². The van der Waals surface area contributed by atoms with Crippen molar-refractivity contribution >= 4 is 65.0 Å². The minimum atomic E-state index is -3.31. The highest BCUT2D eigenvalue weighted by Gasteiger charge is 2.19. The summed E-state index contributed by atoms with van der Waals surface area (Å²) < 4.78 is 29.7. The number of aromatic nitrogens is 1. The Bertz CT molecular complexity index is 1320. The number of aryl methyl sites for hydroxylation is 1. The molecule has 0 fully saturated rings. The fourth-order valence-electron chi connectivity index (χ4n) is 2.75. The van der Waals surface area contributed by atoms with Gasteiger partial charge in [-0.25, -0.2) is 13.4 Å². The van der Waals surface area contributed by atoms with Crippen LogP contribution in [0.15, 0.2) is 45.7 Å². The normalized spacial score (nSPS) is 12.0. The van der Waals surface area contributed by atoms with Gasteiger partial charge in [-0.2, -0.15) is 0 Å². The lowest BCUT2D eigenvalue weighted by Crippen LogP contribution is -2.11. The molecule has 0 saturated carbocycles. The monoisotopic (exact) mass is 420 g/mol. The number of nitrogens with zero attached hydrogens (tertiary/aromatic N) is 1. The second-order valence-electron chi connectivity index (χ2n) is 6.07. The number of thiazole rings is 1. The summed E-state index contributed by atoms with van der Waals surface area (Å²) in [5, 5.41) is 4.41. The van der Waals surface area contributed by atoms with Gasteiger partial charge in [0.05, 0.1) is 15.1 Å². The molecule has 0 spiro atoms. The lowest BCUT2D eigenvalue weighted by atomic mass is 10.1. The Morgan fingerprint density at radius 3 is 2.74 bits per heavy atom. The zero-order valence-electron chi connectivity index (χ0n) is 14.2. The Hall–Kier alpha value is -2.42. The van der Waals surface area contributed by atoms with Crippen molar-refractivity contribution in [1.29, 1.82) is 0 Å². The van der Waals surface area contributed by atoms with Crippen LogP contribution in [0.5, 0.6) is 0 Å². The van der Waals surface area contributed by atoms with E-state index in [-0.39, 0.29) is 10.7 Å². The number of furan rings is 1. The third-order valence-corrected chi connectivity index (χ3v) is 6.39. The molecule has 2 heterocycles. The van der Waals surface area contributed by atoms with Crippen molar-refractivity contribution in [2.24, 2.45) is 0 Å². The van der Waals surface area contributed by atoms with E-state index in [1.54, 1.807) is 37.3 Å². The van der Waals surface area contributed by atoms with E-state index in [2.05, 4.69) is 10.3 Å². The van der Waals surface area contributed by atoms with Crippen LogP contribution < -0.4 is 5.32 Å². The molecule has 1 amide bonds. The average molecular weight is 421 g/mol. The molecule has 0 unspecified atom stereocenters. The van der Waals surface area contributed by atoms with Gasteiger partial charge in [0.2, 0.25) is 0 Å². The van der Waals surface area contributed by atoms with Crippen LogP contribution in [0.3, 0.4) is 0 Å². The van der Waals surface area contributed by atoms with E-state index in [9.17, 15) is 13.2 Å². The van der Waals surface area contributed by atoms with E-state index >= 15 is 0 Å². The Morgan fingerprint density at radius 2 is 2.00 bits per heavy atom. The van der Waals surface area contributed by atoms with Crippen molar-refractivity contribution < 1.29 is 17.6 Å². The Labute approximate surface area is 163 Å². The van der Waals surface area contributed by atoms with Crippen molar-refractivity contribution in [1.82, 2.24) is 4.98 Å². The van der Waals surface area contributed by atoms with E-state index in [1.165, 1.54) is 17.4 Å². The van der Waals surface area contributed by atoms with Crippen LogP contribution in [0.25, 0.3) is 21.2 Å². The fourth-order valence-corrected chi connectivity index (χ4v) is 4.55. The molecule has 138 valence electrons. The summed E-state index contributed by atoms with van der Waals surface area (Å²) in [6.07, 6.45) is 1.15. The van der Waals surface area contributed by atoms with Crippen LogP contribution >= 0.6 is 22.9 Å². The molecular weight excluding hydrogens is 408 g/mol. The van der Waals surface area contributed by atoms with Gasteiger partial charge in [0.15, 0.2) is 20.7 Å². The Kier molecular flexibility index (Phi) is 4.21. The van der Waals surface area contributed by atoms with Crippen molar-refractivity contribution in [3.05, 3.63) is 52.7 Å². The number of amides is 1. The predicted molar refractivity (Wildman–Crippen MR) is 107 cm³/mol. The number of hydrogen-bond donors (Lipinski definition) is 1. The molecule has 2 aromatic carbocycles. The number of hydrogen-bond acceptors (Lipinski definition) is 6. The van der Waals surface area contributed by atoms with Gasteiger partial charge in [0, 0.05) is 22.2 Å². The Balaban J connectivity index is 1.68. The number of halogens is 1. The molecule has 4 rings (SSSR count). The summed E-state index contributed by atoms with van der Waals surface area (Å²) in [5.74, 6) is -0.245. The third kappa shape index (κ3) is 3.31. The largest absolute Gasteiger partial charge is 0.451 e. The SMILES string of the molecule is Cc1c(C(=O)Nc2nc3ccc(S(C)(=O)=O)cc3s2)oc2ccc(Cl)cc12. The maximum Gasteiger partial charge on any atom is 0.293 e. The van der Waals surface area contributed by atoms with Crippen molar-refractivity contribution in [2.75, 3.05) is 11.6 Å². The summed E-state index contributed by atoms with van der Waals surface area (Å²) >= 11 is 7.20. The lowest BCUT2D eigenvalue weighted by molar-refractivity contribution is 0.0998. The minimum absolute atomic E-state index is 0.184. The molecule has 0 bridgehead atoms. The summed E-state index contributed by atoms with van der Waals surface area (Å²) in [7, 11) is -3.31. The van der Waals surface area contributed by atoms with Crippen molar-refractivity contribution in [2.45, 2.75) is 11.8 Å². The predicted octanol–water partition coefficient (Wildman–Crippen LogP) is 4.66. The highest BCUT2D eigenvalue weighted by Crippen LogP contribution is 2.31. The van der Waals surface area contributed by atoms with Crippen molar-refractivity contribution in [3.8, 4) is 0 Å². The van der Waals surface area contributed by atoms with Crippen LogP contribution in [-0.2, 0) is 9.84 Å². The molecule has 9 heteroatoms. The summed E-state index contributed by atoms with van der Waals surface area (Å²) in [4.78, 5) is 17.2. The van der Waals surface area contributed by atoms with Gasteiger partial charge in [-0.15, -0.1) is 0 Å². The maximum atomic E-state index is 12.6. The topological polar surface area (TPSA) is 89.3 Å². The number of rotatable bonds is 3. The molecule has 0 aliphatic heterocycles. The molecule has 27 heavy (non-hydrogen) atoms. The number of anilines is 1. The molecular formula is C18H13ClN2O4S2. The van der Waals surface area contributed by atoms with Gasteiger partial charge >= 0.3 is 0 Å². The molecule has 6 nitrogen and oxygen atoms in total. The van der Waals surface area contributed by atoms with E-state index in [0.717, 1.165) is 11.6 Å². The number of carbonyl (C=O) groups excluding carboxylic acids is 1. The first-order valence-electron chi connectivity index (χ1n) is 7.83. The van der Waals surface area contributed by atoms with Gasteiger partial charge in [0.25, 0.3) is 5.91 Å². The summed E-state index contributed by atoms with van der Waals surface area (Å²) in [6.45, 7) is 1.79. The quantitative estimate of drug-likeness (QED) is 0.520. The van der Waals surface area contributed by atoms with Gasteiger partial charge < -0.3 is 4.42 Å². The van der Waals surface area contributed by atoms with Gasteiger partial charge in [-0.1, -0.05) is 22.9 Å². The standard InChI is InChI=1S/C18H13ClN2O4S2/c1-9-12-7-10(19)3-6-14(12)25-16(9)17(22)21-18-20-13-5-4-11(27(2,23)24)8-15(13)26-18/h3-8H,1-2H3,(H,20,21,22). The van der Waals surface area contributed by atoms with Crippen LogP contribution in [0.4, 0.5) is 5.13 Å². The number of carbonyl (C=O) groups is 1. The van der Waals surface area contributed by atoms with E-state index in [4.69, 9.17) is 16.0 Å². The van der Waals surface area contributed by atoms with Gasteiger partial charge in [-0.05, 0) is 43.3 Å². The first-order chi connectivity index (χ1) is 12.7. The molecule has 0 saturated heterocycles. The maximum absolute atomic E-state index is 12.6. The molecule has 4 aromatic rings. The van der Waals surface area contributed by atoms with Crippen LogP contribution in [0, 0.1) is 6.92 Å². The molecule has 0 atom stereocenters. The van der Waals surface area contributed by atoms with Crippen LogP contribution in [0.2, 0.25) is 5.02 Å². The van der Waals surface area contributed by atoms with Crippen LogP contribution in [0.1, 0.15) is 16.1 Å². The molecule has 2 aromatic heterocycles. The molecule has 0 aliphatic rings.